The van der Waals surface area contributed by atoms with Gasteiger partial charge in [-0.2, -0.15) is 5.26 Å². The molecule has 5 heterocycles. The van der Waals surface area contributed by atoms with Crippen LogP contribution in [0.25, 0.3) is 23.5 Å². The molecule has 0 aliphatic carbocycles. The molecule has 0 saturated carbocycles. The molecule has 1 N–H and O–H groups in total. The van der Waals surface area contributed by atoms with E-state index in [1.807, 2.05) is 49.4 Å². The second kappa shape index (κ2) is 10.7. The number of carbonyl (C=O) groups is 1. The number of amides is 1. The average Bonchev–Trinajstić information content (AvgIpc) is 2.90. The minimum atomic E-state index is -0.421. The van der Waals surface area contributed by atoms with Crippen LogP contribution < -0.4 is 20.8 Å². The molecule has 1 amide bonds. The van der Waals surface area contributed by atoms with E-state index in [1.54, 1.807) is 6.07 Å². The van der Waals surface area contributed by atoms with Crippen LogP contribution in [0, 0.1) is 11.3 Å². The van der Waals surface area contributed by atoms with Gasteiger partial charge in [-0.15, -0.1) is 0 Å². The van der Waals surface area contributed by atoms with Crippen molar-refractivity contribution in [2.75, 3.05) is 31.1 Å². The molecule has 1 unspecified atom stereocenters. The lowest BCUT2D eigenvalue weighted by Crippen LogP contribution is -2.37. The molecule has 1 atom stereocenters. The maximum Gasteiger partial charge on any atom is 0.253 e. The van der Waals surface area contributed by atoms with Crippen molar-refractivity contribution in [2.45, 2.75) is 25.9 Å². The van der Waals surface area contributed by atoms with Crippen molar-refractivity contribution in [1.82, 2.24) is 20.3 Å². The summed E-state index contributed by atoms with van der Waals surface area (Å²) in [6.07, 6.45) is 6.58. The lowest BCUT2D eigenvalue weighted by molar-refractivity contribution is 0.0945. The van der Waals surface area contributed by atoms with Crippen LogP contribution in [-0.4, -0.2) is 47.1 Å². The zero-order valence-electron chi connectivity index (χ0n) is 20.8. The second-order valence-corrected chi connectivity index (χ2v) is 9.12. The number of anilines is 1. The number of fused-ring (bicyclic) bond motifs is 1. The van der Waals surface area contributed by atoms with Crippen LogP contribution >= 0.6 is 0 Å². The number of nitriles is 1. The van der Waals surface area contributed by atoms with Crippen molar-refractivity contribution in [3.63, 3.8) is 0 Å². The van der Waals surface area contributed by atoms with Crippen LogP contribution in [0.3, 0.4) is 0 Å². The molecule has 2 aliphatic rings. The smallest absolute Gasteiger partial charge is 0.253 e. The molecule has 0 aromatic carbocycles. The zero-order valence-corrected chi connectivity index (χ0v) is 20.8. The first kappa shape index (κ1) is 24.3. The van der Waals surface area contributed by atoms with Gasteiger partial charge in [0.25, 0.3) is 5.91 Å². The molecular weight excluding hydrogens is 464 g/mol. The molecular formula is C29H28N6O2. The number of carbonyl (C=O) groups excluding carboxylic acids is 1. The summed E-state index contributed by atoms with van der Waals surface area (Å²) in [5.74, 6) is 0.277. The maximum atomic E-state index is 12.8. The molecule has 0 radical (unpaired) electrons. The second-order valence-electron chi connectivity index (χ2n) is 9.12. The van der Waals surface area contributed by atoms with Crippen LogP contribution in [0.15, 0.2) is 54.7 Å². The molecule has 5 rings (SSSR count). The third-order valence-corrected chi connectivity index (χ3v) is 6.58. The Kier molecular flexibility index (Phi) is 7.06. The van der Waals surface area contributed by atoms with Crippen LogP contribution in [-0.2, 0) is 11.3 Å². The van der Waals surface area contributed by atoms with E-state index in [2.05, 4.69) is 27.8 Å². The summed E-state index contributed by atoms with van der Waals surface area (Å²) in [6.45, 7) is 9.06. The van der Waals surface area contributed by atoms with E-state index >= 15 is 0 Å². The molecule has 0 bridgehead atoms. The van der Waals surface area contributed by atoms with E-state index in [4.69, 9.17) is 14.7 Å². The molecule has 37 heavy (non-hydrogen) atoms. The summed E-state index contributed by atoms with van der Waals surface area (Å²) < 4.78 is 5.40. The van der Waals surface area contributed by atoms with Gasteiger partial charge in [0.05, 0.1) is 53.2 Å². The highest BCUT2D eigenvalue weighted by Crippen LogP contribution is 2.25. The number of rotatable bonds is 6. The first-order valence-corrected chi connectivity index (χ1v) is 12.4. The predicted octanol–water partition coefficient (Wildman–Crippen LogP) is 2.45. The van der Waals surface area contributed by atoms with E-state index in [1.165, 1.54) is 12.6 Å². The highest BCUT2D eigenvalue weighted by atomic mass is 16.5. The molecule has 3 aromatic rings. The lowest BCUT2D eigenvalue weighted by Gasteiger charge is -2.32. The highest BCUT2D eigenvalue weighted by Gasteiger charge is 2.23. The highest BCUT2D eigenvalue weighted by molar-refractivity contribution is 5.94. The Morgan fingerprint density at radius 2 is 2.11 bits per heavy atom. The Morgan fingerprint density at radius 1 is 1.27 bits per heavy atom. The van der Waals surface area contributed by atoms with Crippen LogP contribution in [0.4, 0.5) is 5.82 Å². The maximum absolute atomic E-state index is 12.8. The summed E-state index contributed by atoms with van der Waals surface area (Å²) in [6, 6.07) is 13.9. The van der Waals surface area contributed by atoms with E-state index in [0.29, 0.717) is 30.0 Å². The van der Waals surface area contributed by atoms with Crippen molar-refractivity contribution in [3.8, 4) is 17.5 Å². The summed E-state index contributed by atoms with van der Waals surface area (Å²) in [7, 11) is 0. The van der Waals surface area contributed by atoms with Gasteiger partial charge in [0, 0.05) is 25.8 Å². The van der Waals surface area contributed by atoms with Crippen LogP contribution in [0.2, 0.25) is 0 Å². The number of nitrogens with zero attached hydrogens (tertiary/aromatic N) is 5. The van der Waals surface area contributed by atoms with Crippen molar-refractivity contribution in [3.05, 3.63) is 82.1 Å². The molecule has 8 nitrogen and oxygen atoms in total. The topological polar surface area (TPSA) is 104 Å². The Morgan fingerprint density at radius 3 is 2.86 bits per heavy atom. The van der Waals surface area contributed by atoms with Crippen LogP contribution in [0.5, 0.6) is 0 Å². The molecule has 3 aromatic heterocycles. The lowest BCUT2D eigenvalue weighted by atomic mass is 9.96. The fourth-order valence-electron chi connectivity index (χ4n) is 4.34. The number of aromatic nitrogens is 3. The number of nitrogens with one attached hydrogen (secondary N) is 1. The van der Waals surface area contributed by atoms with Crippen molar-refractivity contribution in [2.24, 2.45) is 0 Å². The van der Waals surface area contributed by atoms with Gasteiger partial charge in [0.15, 0.2) is 0 Å². The van der Waals surface area contributed by atoms with E-state index in [9.17, 15) is 10.1 Å². The molecule has 2 aliphatic heterocycles. The summed E-state index contributed by atoms with van der Waals surface area (Å²) >= 11 is 0. The third-order valence-electron chi connectivity index (χ3n) is 6.58. The van der Waals surface area contributed by atoms with Crippen molar-refractivity contribution in [1.29, 1.82) is 5.26 Å². The largest absolute Gasteiger partial charge is 0.373 e. The minimum absolute atomic E-state index is 0.248. The summed E-state index contributed by atoms with van der Waals surface area (Å²) in [4.78, 5) is 29.0. The Bertz CT molecular complexity index is 1520. The first-order chi connectivity index (χ1) is 18.1. The fourth-order valence-corrected chi connectivity index (χ4v) is 4.34. The first-order valence-electron chi connectivity index (χ1n) is 12.4. The Hall–Kier alpha value is -4.35. The van der Waals surface area contributed by atoms with E-state index in [-0.39, 0.29) is 12.5 Å². The van der Waals surface area contributed by atoms with Gasteiger partial charge in [-0.25, -0.2) is 9.97 Å². The third kappa shape index (κ3) is 5.27. The zero-order chi connectivity index (χ0) is 25.8. The quantitative estimate of drug-likeness (QED) is 0.564. The Labute approximate surface area is 215 Å². The molecule has 1 fully saturated rings. The molecule has 0 spiro atoms. The van der Waals surface area contributed by atoms with Gasteiger partial charge in [0.2, 0.25) is 0 Å². The monoisotopic (exact) mass is 492 g/mol. The average molecular weight is 493 g/mol. The summed E-state index contributed by atoms with van der Waals surface area (Å²) in [5.41, 5.74) is 4.17. The molecule has 186 valence electrons. The number of pyridine rings is 3. The van der Waals surface area contributed by atoms with Crippen molar-refractivity contribution < 1.29 is 9.53 Å². The van der Waals surface area contributed by atoms with Gasteiger partial charge in [-0.3, -0.25) is 9.78 Å². The van der Waals surface area contributed by atoms with Gasteiger partial charge in [0.1, 0.15) is 5.82 Å². The van der Waals surface area contributed by atoms with E-state index in [0.717, 1.165) is 46.4 Å². The van der Waals surface area contributed by atoms with Crippen molar-refractivity contribution >= 4 is 23.9 Å². The Balaban J connectivity index is 1.32. The fraction of sp³-hybridized carbons (Fsp3) is 0.276. The minimum Gasteiger partial charge on any atom is -0.373 e. The summed E-state index contributed by atoms with van der Waals surface area (Å²) in [5, 5.41) is 14.0. The molecule has 1 saturated heterocycles. The number of hydrogen-bond donors (Lipinski definition) is 1. The normalized spacial score (nSPS) is 17.5. The van der Waals surface area contributed by atoms with E-state index < -0.39 is 5.92 Å². The standard InChI is InChI=1S/C29H28N6O2/c1-3-20-8-9-25(24-6-4-7-28(34-24)35-10-5-11-35)33-26(20)12-19(2)15-32-29(36)21-13-23-22(14-30)17-37-18-27(23)31-16-21/h3-4,6-9,12-13,16,22H,2,5,10-11,15,17-18H2,1H3,(H,32,36)/b20-3-,26-12+. The number of ether oxygens (including phenoxy) is 1. The van der Waals surface area contributed by atoms with Gasteiger partial charge in [-0.05, 0) is 60.0 Å². The van der Waals surface area contributed by atoms with Gasteiger partial charge >= 0.3 is 0 Å². The predicted molar refractivity (Wildman–Crippen MR) is 142 cm³/mol. The number of hydrogen-bond acceptors (Lipinski definition) is 7. The van der Waals surface area contributed by atoms with Crippen LogP contribution in [0.1, 0.15) is 40.9 Å². The van der Waals surface area contributed by atoms with Gasteiger partial charge < -0.3 is 15.0 Å². The molecule has 8 heteroatoms. The SMILES string of the molecule is C=C(/C=c1/nc(-c2cccc(N3CCC3)n2)cc/c1=C/C)CNC(=O)c1cnc2c(c1)C(C#N)COC2. The van der Waals surface area contributed by atoms with Gasteiger partial charge in [-0.1, -0.05) is 24.8 Å².